The van der Waals surface area contributed by atoms with Gasteiger partial charge in [0.1, 0.15) is 11.4 Å². The molecule has 0 aliphatic carbocycles. The summed E-state index contributed by atoms with van der Waals surface area (Å²) >= 11 is 0. The molecule has 2 aromatic rings. The molecule has 6 heteroatoms. The zero-order valence-corrected chi connectivity index (χ0v) is 12.9. The molecule has 0 fully saturated rings. The smallest absolute Gasteiger partial charge is 0.272 e. The molecule has 1 aromatic carbocycles. The summed E-state index contributed by atoms with van der Waals surface area (Å²) in [6.07, 6.45) is 0.740. The Kier molecular flexibility index (Phi) is 4.93. The predicted molar refractivity (Wildman–Crippen MR) is 83.0 cm³/mol. The SMILES string of the molecule is CCC(NC(=O)c1ccc(=O)n(C)n1)c1ccc(OC)cc1. The fourth-order valence-corrected chi connectivity index (χ4v) is 2.11. The number of aryl methyl sites for hydroxylation is 1. The van der Waals surface area contributed by atoms with Crippen molar-refractivity contribution in [2.24, 2.45) is 7.05 Å². The number of methoxy groups -OCH3 is 1. The molecule has 6 nitrogen and oxygen atoms in total. The quantitative estimate of drug-likeness (QED) is 0.911. The second-order valence-corrected chi connectivity index (χ2v) is 4.89. The lowest BCUT2D eigenvalue weighted by Crippen LogP contribution is -2.31. The minimum absolute atomic E-state index is 0.127. The van der Waals surface area contributed by atoms with Gasteiger partial charge in [0.05, 0.1) is 13.2 Å². The Morgan fingerprint density at radius 1 is 1.27 bits per heavy atom. The van der Waals surface area contributed by atoms with E-state index in [-0.39, 0.29) is 23.2 Å². The molecular weight excluding hydrogens is 282 g/mol. The standard InChI is InChI=1S/C16H19N3O3/c1-4-13(11-5-7-12(22-3)8-6-11)17-16(21)14-9-10-15(20)19(2)18-14/h5-10,13H,4H2,1-3H3,(H,17,21). The van der Waals surface area contributed by atoms with E-state index in [2.05, 4.69) is 10.4 Å². The van der Waals surface area contributed by atoms with Gasteiger partial charge in [0.25, 0.3) is 11.5 Å². The molecule has 0 bridgehead atoms. The van der Waals surface area contributed by atoms with Crippen LogP contribution in [0, 0.1) is 0 Å². The van der Waals surface area contributed by atoms with E-state index in [4.69, 9.17) is 4.74 Å². The first-order valence-electron chi connectivity index (χ1n) is 7.04. The number of ether oxygens (including phenoxy) is 1. The number of nitrogens with zero attached hydrogens (tertiary/aromatic N) is 2. The molecule has 0 saturated heterocycles. The van der Waals surface area contributed by atoms with Crippen molar-refractivity contribution in [3.05, 3.63) is 58.0 Å². The summed E-state index contributed by atoms with van der Waals surface area (Å²) in [6.45, 7) is 1.99. The molecule has 1 aromatic heterocycles. The molecule has 2 rings (SSSR count). The Balaban J connectivity index is 2.16. The molecule has 0 saturated carbocycles. The summed E-state index contributed by atoms with van der Waals surface area (Å²) in [4.78, 5) is 23.6. The molecule has 1 atom stereocenters. The van der Waals surface area contributed by atoms with Gasteiger partial charge in [-0.1, -0.05) is 19.1 Å². The number of amides is 1. The molecule has 1 N–H and O–H groups in total. The number of rotatable bonds is 5. The first-order chi connectivity index (χ1) is 10.5. The zero-order valence-electron chi connectivity index (χ0n) is 12.9. The van der Waals surface area contributed by atoms with E-state index in [0.29, 0.717) is 0 Å². The highest BCUT2D eigenvalue weighted by Gasteiger charge is 2.15. The number of benzene rings is 1. The van der Waals surface area contributed by atoms with Gasteiger partial charge >= 0.3 is 0 Å². The number of carbonyl (C=O) groups is 1. The van der Waals surface area contributed by atoms with Crippen molar-refractivity contribution in [2.45, 2.75) is 19.4 Å². The largest absolute Gasteiger partial charge is 0.497 e. The van der Waals surface area contributed by atoms with Gasteiger partial charge in [-0.05, 0) is 30.2 Å². The van der Waals surface area contributed by atoms with Crippen molar-refractivity contribution in [3.63, 3.8) is 0 Å². The summed E-state index contributed by atoms with van der Waals surface area (Å²) in [6, 6.07) is 10.2. The Morgan fingerprint density at radius 3 is 2.50 bits per heavy atom. The Bertz CT molecular complexity index is 707. The summed E-state index contributed by atoms with van der Waals surface area (Å²) in [5, 5.41) is 6.88. The molecule has 1 heterocycles. The average molecular weight is 301 g/mol. The molecule has 1 unspecified atom stereocenters. The maximum absolute atomic E-state index is 12.3. The average Bonchev–Trinajstić information content (AvgIpc) is 2.55. The molecule has 0 aliphatic rings. The third-order valence-corrected chi connectivity index (χ3v) is 3.42. The van der Waals surface area contributed by atoms with Crippen LogP contribution in [0.4, 0.5) is 0 Å². The minimum Gasteiger partial charge on any atom is -0.497 e. The van der Waals surface area contributed by atoms with Crippen LogP contribution in [0.1, 0.15) is 35.4 Å². The Morgan fingerprint density at radius 2 is 1.95 bits per heavy atom. The molecule has 116 valence electrons. The van der Waals surface area contributed by atoms with Crippen LogP contribution in [-0.4, -0.2) is 22.8 Å². The van der Waals surface area contributed by atoms with E-state index in [9.17, 15) is 9.59 Å². The summed E-state index contributed by atoms with van der Waals surface area (Å²) in [7, 11) is 3.12. The van der Waals surface area contributed by atoms with Crippen molar-refractivity contribution >= 4 is 5.91 Å². The summed E-state index contributed by atoms with van der Waals surface area (Å²) in [5.74, 6) is 0.461. The molecule has 22 heavy (non-hydrogen) atoms. The third kappa shape index (κ3) is 3.52. The van der Waals surface area contributed by atoms with Crippen molar-refractivity contribution in [2.75, 3.05) is 7.11 Å². The van der Waals surface area contributed by atoms with Crippen LogP contribution >= 0.6 is 0 Å². The number of hydrogen-bond acceptors (Lipinski definition) is 4. The number of nitrogens with one attached hydrogen (secondary N) is 1. The highest BCUT2D eigenvalue weighted by molar-refractivity contribution is 5.92. The highest BCUT2D eigenvalue weighted by Crippen LogP contribution is 2.20. The second kappa shape index (κ2) is 6.89. The Hall–Kier alpha value is -2.63. The van der Waals surface area contributed by atoms with Crippen molar-refractivity contribution in [1.82, 2.24) is 15.1 Å². The second-order valence-electron chi connectivity index (χ2n) is 4.89. The first-order valence-corrected chi connectivity index (χ1v) is 7.04. The van der Waals surface area contributed by atoms with Gasteiger partial charge in [-0.15, -0.1) is 0 Å². The van der Waals surface area contributed by atoms with Gasteiger partial charge in [0, 0.05) is 13.1 Å². The minimum atomic E-state index is -0.307. The van der Waals surface area contributed by atoms with Crippen molar-refractivity contribution in [3.8, 4) is 5.75 Å². The number of hydrogen-bond donors (Lipinski definition) is 1. The fraction of sp³-hybridized carbons (Fsp3) is 0.312. The summed E-state index contributed by atoms with van der Waals surface area (Å²) in [5.41, 5.74) is 0.953. The van der Waals surface area contributed by atoms with Crippen LogP contribution in [0.3, 0.4) is 0 Å². The molecule has 1 amide bonds. The number of carbonyl (C=O) groups excluding carboxylic acids is 1. The zero-order chi connectivity index (χ0) is 16.1. The highest BCUT2D eigenvalue weighted by atomic mass is 16.5. The lowest BCUT2D eigenvalue weighted by Gasteiger charge is -2.17. The van der Waals surface area contributed by atoms with E-state index in [1.54, 1.807) is 7.11 Å². The molecule has 0 aliphatic heterocycles. The van der Waals surface area contributed by atoms with Gasteiger partial charge < -0.3 is 10.1 Å². The van der Waals surface area contributed by atoms with Gasteiger partial charge in [-0.25, -0.2) is 4.68 Å². The van der Waals surface area contributed by atoms with E-state index < -0.39 is 0 Å². The van der Waals surface area contributed by atoms with Crippen molar-refractivity contribution in [1.29, 1.82) is 0 Å². The van der Waals surface area contributed by atoms with E-state index in [1.165, 1.54) is 19.2 Å². The third-order valence-electron chi connectivity index (χ3n) is 3.42. The lowest BCUT2D eigenvalue weighted by molar-refractivity contribution is 0.0928. The van der Waals surface area contributed by atoms with Crippen LogP contribution in [0.5, 0.6) is 5.75 Å². The van der Waals surface area contributed by atoms with E-state index in [0.717, 1.165) is 22.4 Å². The maximum atomic E-state index is 12.3. The maximum Gasteiger partial charge on any atom is 0.272 e. The van der Waals surface area contributed by atoms with Crippen LogP contribution in [0.2, 0.25) is 0 Å². The number of aromatic nitrogens is 2. The molecule has 0 radical (unpaired) electrons. The van der Waals surface area contributed by atoms with Crippen molar-refractivity contribution < 1.29 is 9.53 Å². The van der Waals surface area contributed by atoms with E-state index in [1.807, 2.05) is 31.2 Å². The Labute approximate surface area is 128 Å². The van der Waals surface area contributed by atoms with E-state index >= 15 is 0 Å². The van der Waals surface area contributed by atoms with Gasteiger partial charge in [0.15, 0.2) is 0 Å². The molecule has 0 spiro atoms. The first kappa shape index (κ1) is 15.8. The van der Waals surface area contributed by atoms with Gasteiger partial charge in [-0.2, -0.15) is 5.10 Å². The molecular formula is C16H19N3O3. The van der Waals surface area contributed by atoms with Gasteiger partial charge in [-0.3, -0.25) is 9.59 Å². The monoisotopic (exact) mass is 301 g/mol. The predicted octanol–water partition coefficient (Wildman–Crippen LogP) is 1.67. The van der Waals surface area contributed by atoms with Crippen LogP contribution in [0.15, 0.2) is 41.2 Å². The normalized spacial score (nSPS) is 11.8. The van der Waals surface area contributed by atoms with Crippen LogP contribution < -0.4 is 15.6 Å². The van der Waals surface area contributed by atoms with Gasteiger partial charge in [0.2, 0.25) is 0 Å². The lowest BCUT2D eigenvalue weighted by atomic mass is 10.0. The van der Waals surface area contributed by atoms with Crippen LogP contribution in [0.25, 0.3) is 0 Å². The summed E-state index contributed by atoms with van der Waals surface area (Å²) < 4.78 is 6.27. The topological polar surface area (TPSA) is 73.2 Å². The van der Waals surface area contributed by atoms with Crippen LogP contribution in [-0.2, 0) is 7.05 Å². The fourth-order valence-electron chi connectivity index (χ4n) is 2.11.